The third-order valence-electron chi connectivity index (χ3n) is 4.75. The number of rotatable bonds is 7. The minimum atomic E-state index is -0.886. The Kier molecular flexibility index (Phi) is 6.73. The Bertz CT molecular complexity index is 936. The molecular formula is C21H23FN2O6. The lowest BCUT2D eigenvalue weighted by molar-refractivity contribution is -0.154. The Morgan fingerprint density at radius 3 is 2.57 bits per heavy atom. The van der Waals surface area contributed by atoms with Crippen molar-refractivity contribution in [3.63, 3.8) is 0 Å². The van der Waals surface area contributed by atoms with Crippen LogP contribution >= 0.6 is 0 Å². The zero-order valence-corrected chi connectivity index (χ0v) is 16.9. The highest BCUT2D eigenvalue weighted by atomic mass is 19.1. The van der Waals surface area contributed by atoms with Gasteiger partial charge in [0.1, 0.15) is 24.1 Å². The molecule has 2 aromatic rings. The highest BCUT2D eigenvalue weighted by Gasteiger charge is 2.34. The fraction of sp³-hybridized carbons (Fsp3) is 0.333. The van der Waals surface area contributed by atoms with Crippen molar-refractivity contribution in [2.24, 2.45) is 0 Å². The van der Waals surface area contributed by atoms with Gasteiger partial charge in [0, 0.05) is 23.4 Å². The number of amides is 2. The largest absolute Gasteiger partial charge is 0.497 e. The van der Waals surface area contributed by atoms with E-state index in [9.17, 15) is 14.0 Å². The van der Waals surface area contributed by atoms with Crippen LogP contribution in [0.1, 0.15) is 5.56 Å². The predicted molar refractivity (Wildman–Crippen MR) is 106 cm³/mol. The molecule has 8 nitrogen and oxygen atoms in total. The Labute approximate surface area is 173 Å². The normalized spacial score (nSPS) is 16.2. The van der Waals surface area contributed by atoms with Crippen LogP contribution in [0.25, 0.3) is 0 Å². The van der Waals surface area contributed by atoms with Crippen LogP contribution in [0.5, 0.6) is 17.2 Å². The van der Waals surface area contributed by atoms with Crippen LogP contribution in [0, 0.1) is 5.82 Å². The first-order valence-electron chi connectivity index (χ1n) is 9.19. The number of benzene rings is 2. The Balaban J connectivity index is 1.80. The number of carbonyl (C=O) groups excluding carboxylic acids is 2. The van der Waals surface area contributed by atoms with Crippen LogP contribution in [0.15, 0.2) is 36.4 Å². The van der Waals surface area contributed by atoms with Crippen LogP contribution in [-0.2, 0) is 20.9 Å². The molecule has 0 bridgehead atoms. The lowest BCUT2D eigenvalue weighted by Gasteiger charge is -2.34. The number of ether oxygens (including phenoxy) is 4. The molecule has 160 valence electrons. The van der Waals surface area contributed by atoms with Crippen LogP contribution in [-0.4, -0.2) is 57.3 Å². The van der Waals surface area contributed by atoms with Gasteiger partial charge in [-0.05, 0) is 24.3 Å². The average molecular weight is 418 g/mol. The van der Waals surface area contributed by atoms with E-state index in [1.54, 1.807) is 25.3 Å². The van der Waals surface area contributed by atoms with Crippen molar-refractivity contribution >= 4 is 17.5 Å². The van der Waals surface area contributed by atoms with Gasteiger partial charge in [0.2, 0.25) is 11.8 Å². The summed E-state index contributed by atoms with van der Waals surface area (Å²) < 4.78 is 34.7. The van der Waals surface area contributed by atoms with Crippen molar-refractivity contribution in [3.8, 4) is 17.2 Å². The number of morpholine rings is 1. The fourth-order valence-corrected chi connectivity index (χ4v) is 3.16. The highest BCUT2D eigenvalue weighted by molar-refractivity contribution is 5.98. The number of anilines is 1. The lowest BCUT2D eigenvalue weighted by Crippen LogP contribution is -2.54. The molecule has 1 fully saturated rings. The summed E-state index contributed by atoms with van der Waals surface area (Å²) in [6, 6.07) is 8.42. The molecule has 1 N–H and O–H groups in total. The number of hydrogen-bond donors (Lipinski definition) is 1. The standard InChI is InChI=1S/C21H23FN2O6/c1-27-15-6-4-13(19(9-15)29-3)10-24-17(11-30-12-20(24)25)21(26)23-14-5-7-18(28-2)16(22)8-14/h4-9,17H,10-12H2,1-3H3,(H,23,26)/t17-/m0/s1. The number of nitrogens with one attached hydrogen (secondary N) is 1. The summed E-state index contributed by atoms with van der Waals surface area (Å²) in [6.07, 6.45) is 0. The Hall–Kier alpha value is -3.33. The minimum absolute atomic E-state index is 0.0225. The average Bonchev–Trinajstić information content (AvgIpc) is 2.75. The molecule has 9 heteroatoms. The summed E-state index contributed by atoms with van der Waals surface area (Å²) >= 11 is 0. The molecule has 30 heavy (non-hydrogen) atoms. The van der Waals surface area contributed by atoms with Gasteiger partial charge in [0.05, 0.1) is 34.5 Å². The first kappa shape index (κ1) is 21.4. The summed E-state index contributed by atoms with van der Waals surface area (Å²) in [5.74, 6) is -0.214. The molecule has 0 spiro atoms. The van der Waals surface area contributed by atoms with Crippen molar-refractivity contribution in [1.82, 2.24) is 4.90 Å². The van der Waals surface area contributed by atoms with Gasteiger partial charge < -0.3 is 29.2 Å². The number of carbonyl (C=O) groups is 2. The second-order valence-electron chi connectivity index (χ2n) is 6.57. The molecule has 0 radical (unpaired) electrons. The van der Waals surface area contributed by atoms with Gasteiger partial charge in [0.15, 0.2) is 11.6 Å². The van der Waals surface area contributed by atoms with Gasteiger partial charge in [-0.15, -0.1) is 0 Å². The van der Waals surface area contributed by atoms with Gasteiger partial charge in [0.25, 0.3) is 0 Å². The van der Waals surface area contributed by atoms with E-state index in [1.807, 2.05) is 0 Å². The Morgan fingerprint density at radius 2 is 1.90 bits per heavy atom. The second-order valence-corrected chi connectivity index (χ2v) is 6.57. The topological polar surface area (TPSA) is 86.3 Å². The smallest absolute Gasteiger partial charge is 0.249 e. The fourth-order valence-electron chi connectivity index (χ4n) is 3.16. The maximum absolute atomic E-state index is 13.9. The van der Waals surface area contributed by atoms with E-state index in [-0.39, 0.29) is 37.1 Å². The number of methoxy groups -OCH3 is 3. The van der Waals surface area contributed by atoms with E-state index in [1.165, 1.54) is 31.3 Å². The van der Waals surface area contributed by atoms with E-state index in [4.69, 9.17) is 18.9 Å². The van der Waals surface area contributed by atoms with Crippen molar-refractivity contribution in [3.05, 3.63) is 47.8 Å². The molecule has 1 aliphatic heterocycles. The van der Waals surface area contributed by atoms with Crippen molar-refractivity contribution in [2.75, 3.05) is 39.9 Å². The zero-order chi connectivity index (χ0) is 21.7. The summed E-state index contributed by atoms with van der Waals surface area (Å²) in [7, 11) is 4.41. The maximum atomic E-state index is 13.9. The van der Waals surface area contributed by atoms with Crippen molar-refractivity contribution in [2.45, 2.75) is 12.6 Å². The molecule has 0 aromatic heterocycles. The van der Waals surface area contributed by atoms with Crippen LogP contribution in [0.4, 0.5) is 10.1 Å². The van der Waals surface area contributed by atoms with Gasteiger partial charge in [-0.25, -0.2) is 4.39 Å². The van der Waals surface area contributed by atoms with Gasteiger partial charge in [-0.3, -0.25) is 9.59 Å². The van der Waals surface area contributed by atoms with Crippen LogP contribution in [0.2, 0.25) is 0 Å². The van der Waals surface area contributed by atoms with E-state index in [0.717, 1.165) is 6.07 Å². The molecule has 1 heterocycles. The maximum Gasteiger partial charge on any atom is 0.249 e. The molecule has 0 aliphatic carbocycles. The second kappa shape index (κ2) is 9.45. The lowest BCUT2D eigenvalue weighted by atomic mass is 10.1. The third kappa shape index (κ3) is 4.62. The van der Waals surface area contributed by atoms with E-state index >= 15 is 0 Å². The van der Waals surface area contributed by atoms with Gasteiger partial charge >= 0.3 is 0 Å². The van der Waals surface area contributed by atoms with Crippen LogP contribution in [0.3, 0.4) is 0 Å². The van der Waals surface area contributed by atoms with Crippen molar-refractivity contribution in [1.29, 1.82) is 0 Å². The van der Waals surface area contributed by atoms with Gasteiger partial charge in [-0.1, -0.05) is 0 Å². The molecule has 1 saturated heterocycles. The van der Waals surface area contributed by atoms with E-state index in [0.29, 0.717) is 17.1 Å². The molecule has 0 saturated carbocycles. The summed E-state index contributed by atoms with van der Waals surface area (Å²) in [5.41, 5.74) is 0.958. The molecule has 0 unspecified atom stereocenters. The zero-order valence-electron chi connectivity index (χ0n) is 16.9. The Morgan fingerprint density at radius 1 is 1.13 bits per heavy atom. The molecule has 2 amide bonds. The molecular weight excluding hydrogens is 395 g/mol. The first-order valence-corrected chi connectivity index (χ1v) is 9.19. The van der Waals surface area contributed by atoms with E-state index in [2.05, 4.69) is 5.32 Å². The first-order chi connectivity index (χ1) is 14.5. The van der Waals surface area contributed by atoms with Crippen molar-refractivity contribution < 1.29 is 32.9 Å². The summed E-state index contributed by atoms with van der Waals surface area (Å²) in [6.45, 7) is 0.0402. The highest BCUT2D eigenvalue weighted by Crippen LogP contribution is 2.27. The minimum Gasteiger partial charge on any atom is -0.497 e. The van der Waals surface area contributed by atoms with Gasteiger partial charge in [-0.2, -0.15) is 0 Å². The molecule has 3 rings (SSSR count). The van der Waals surface area contributed by atoms with E-state index < -0.39 is 17.8 Å². The third-order valence-corrected chi connectivity index (χ3v) is 4.75. The summed E-state index contributed by atoms with van der Waals surface area (Å²) in [5, 5.41) is 2.63. The number of halogens is 1. The predicted octanol–water partition coefficient (Wildman–Crippen LogP) is 2.22. The van der Waals surface area contributed by atoms with Crippen LogP contribution < -0.4 is 19.5 Å². The molecule has 1 aliphatic rings. The molecule has 1 atom stereocenters. The number of hydrogen-bond acceptors (Lipinski definition) is 6. The monoisotopic (exact) mass is 418 g/mol. The quantitative estimate of drug-likeness (QED) is 0.742. The number of nitrogens with zero attached hydrogens (tertiary/aromatic N) is 1. The summed E-state index contributed by atoms with van der Waals surface area (Å²) in [4.78, 5) is 26.8. The SMILES string of the molecule is COc1ccc(CN2C(=O)COC[C@H]2C(=O)Nc2ccc(OC)c(F)c2)c(OC)c1. The molecule has 2 aromatic carbocycles.